The third-order valence-corrected chi connectivity index (χ3v) is 4.35. The van der Waals surface area contributed by atoms with Crippen molar-refractivity contribution in [3.8, 4) is 11.5 Å². The van der Waals surface area contributed by atoms with Gasteiger partial charge in [-0.1, -0.05) is 40.7 Å². The molecule has 0 saturated heterocycles. The molecule has 0 radical (unpaired) electrons. The average Bonchev–Trinajstić information content (AvgIpc) is 2.48. The molecule has 0 saturated carbocycles. The lowest BCUT2D eigenvalue weighted by Crippen LogP contribution is -2.27. The van der Waals surface area contributed by atoms with Crippen molar-refractivity contribution in [2.75, 3.05) is 27.4 Å². The Morgan fingerprint density at radius 3 is 2.22 bits per heavy atom. The third-order valence-electron chi connectivity index (χ3n) is 4.35. The summed E-state index contributed by atoms with van der Waals surface area (Å²) in [5, 5.41) is 0. The SMILES string of the molecule is COCCCOc1cc(CC(C(C)C)C(C)(C)C)ccc1OC. The van der Waals surface area contributed by atoms with E-state index in [1.54, 1.807) is 14.2 Å². The summed E-state index contributed by atoms with van der Waals surface area (Å²) in [6.45, 7) is 12.9. The fourth-order valence-corrected chi connectivity index (χ4v) is 3.14. The summed E-state index contributed by atoms with van der Waals surface area (Å²) < 4.78 is 16.4. The van der Waals surface area contributed by atoms with Crippen LogP contribution in [0.3, 0.4) is 0 Å². The second-order valence-corrected chi connectivity index (χ2v) is 7.60. The van der Waals surface area contributed by atoms with E-state index < -0.39 is 0 Å². The van der Waals surface area contributed by atoms with Gasteiger partial charge in [-0.3, -0.25) is 0 Å². The normalized spacial score (nSPS) is 13.2. The summed E-state index contributed by atoms with van der Waals surface area (Å²) in [4.78, 5) is 0. The van der Waals surface area contributed by atoms with Gasteiger partial charge in [0.1, 0.15) is 0 Å². The Labute approximate surface area is 142 Å². The molecule has 0 aliphatic carbocycles. The highest BCUT2D eigenvalue weighted by molar-refractivity contribution is 5.43. The van der Waals surface area contributed by atoms with Gasteiger partial charge in [0.05, 0.1) is 13.7 Å². The number of rotatable bonds is 9. The molecule has 0 amide bonds. The van der Waals surface area contributed by atoms with Crippen LogP contribution in [-0.2, 0) is 11.2 Å². The van der Waals surface area contributed by atoms with E-state index in [0.29, 0.717) is 25.0 Å². The van der Waals surface area contributed by atoms with Crippen LogP contribution in [-0.4, -0.2) is 27.4 Å². The predicted molar refractivity (Wildman–Crippen MR) is 96.5 cm³/mol. The first kappa shape index (κ1) is 19.8. The molecule has 1 rings (SSSR count). The van der Waals surface area contributed by atoms with Crippen LogP contribution in [0.25, 0.3) is 0 Å². The molecule has 23 heavy (non-hydrogen) atoms. The van der Waals surface area contributed by atoms with Gasteiger partial charge in [-0.15, -0.1) is 0 Å². The molecule has 0 aromatic heterocycles. The van der Waals surface area contributed by atoms with Crippen molar-refractivity contribution in [3.63, 3.8) is 0 Å². The molecular formula is C20H34O3. The molecular weight excluding hydrogens is 288 g/mol. The molecule has 0 aliphatic heterocycles. The van der Waals surface area contributed by atoms with Gasteiger partial charge in [-0.25, -0.2) is 0 Å². The van der Waals surface area contributed by atoms with Crippen LogP contribution in [0, 0.1) is 17.3 Å². The molecule has 1 aromatic carbocycles. The minimum atomic E-state index is 0.285. The third kappa shape index (κ3) is 6.42. The quantitative estimate of drug-likeness (QED) is 0.601. The van der Waals surface area contributed by atoms with Crippen molar-refractivity contribution in [1.82, 2.24) is 0 Å². The summed E-state index contributed by atoms with van der Waals surface area (Å²) in [5.41, 5.74) is 1.59. The van der Waals surface area contributed by atoms with E-state index in [9.17, 15) is 0 Å². The Morgan fingerprint density at radius 2 is 1.70 bits per heavy atom. The first-order valence-electron chi connectivity index (χ1n) is 8.58. The highest BCUT2D eigenvalue weighted by Gasteiger charge is 2.27. The van der Waals surface area contributed by atoms with Crippen LogP contribution in [0.2, 0.25) is 0 Å². The largest absolute Gasteiger partial charge is 0.493 e. The molecule has 3 heteroatoms. The molecule has 1 aromatic rings. The summed E-state index contributed by atoms with van der Waals surface area (Å²) in [6.07, 6.45) is 1.93. The Balaban J connectivity index is 2.87. The topological polar surface area (TPSA) is 27.7 Å². The molecule has 1 atom stereocenters. The maximum atomic E-state index is 5.89. The molecule has 132 valence electrons. The second-order valence-electron chi connectivity index (χ2n) is 7.60. The zero-order valence-electron chi connectivity index (χ0n) is 15.9. The van der Waals surface area contributed by atoms with E-state index >= 15 is 0 Å². The molecule has 0 bridgehead atoms. The van der Waals surface area contributed by atoms with Gasteiger partial charge in [0, 0.05) is 20.1 Å². The first-order valence-corrected chi connectivity index (χ1v) is 8.58. The van der Waals surface area contributed by atoms with Crippen LogP contribution in [0.15, 0.2) is 18.2 Å². The van der Waals surface area contributed by atoms with Crippen LogP contribution in [0.5, 0.6) is 11.5 Å². The summed E-state index contributed by atoms with van der Waals surface area (Å²) >= 11 is 0. The maximum absolute atomic E-state index is 5.89. The monoisotopic (exact) mass is 322 g/mol. The van der Waals surface area contributed by atoms with Gasteiger partial charge in [-0.05, 0) is 41.4 Å². The molecule has 0 fully saturated rings. The number of hydrogen-bond acceptors (Lipinski definition) is 3. The maximum Gasteiger partial charge on any atom is 0.161 e. The van der Waals surface area contributed by atoms with E-state index in [-0.39, 0.29) is 5.41 Å². The smallest absolute Gasteiger partial charge is 0.161 e. The Bertz CT molecular complexity index is 460. The molecule has 0 spiro atoms. The lowest BCUT2D eigenvalue weighted by Gasteiger charge is -2.34. The van der Waals surface area contributed by atoms with Gasteiger partial charge in [0.2, 0.25) is 0 Å². The van der Waals surface area contributed by atoms with Crippen molar-refractivity contribution >= 4 is 0 Å². The molecule has 0 heterocycles. The van der Waals surface area contributed by atoms with Gasteiger partial charge in [-0.2, -0.15) is 0 Å². The zero-order valence-corrected chi connectivity index (χ0v) is 15.9. The average molecular weight is 322 g/mol. The van der Waals surface area contributed by atoms with Crippen molar-refractivity contribution in [3.05, 3.63) is 23.8 Å². The zero-order chi connectivity index (χ0) is 17.5. The van der Waals surface area contributed by atoms with E-state index in [4.69, 9.17) is 14.2 Å². The number of hydrogen-bond donors (Lipinski definition) is 0. The summed E-state index contributed by atoms with van der Waals surface area (Å²) in [6, 6.07) is 6.30. The highest BCUT2D eigenvalue weighted by Crippen LogP contribution is 2.36. The Morgan fingerprint density at radius 1 is 1.00 bits per heavy atom. The van der Waals surface area contributed by atoms with E-state index in [1.165, 1.54) is 5.56 Å². The van der Waals surface area contributed by atoms with Crippen molar-refractivity contribution in [2.24, 2.45) is 17.3 Å². The minimum absolute atomic E-state index is 0.285. The number of benzene rings is 1. The number of ether oxygens (including phenoxy) is 3. The van der Waals surface area contributed by atoms with Gasteiger partial charge in [0.15, 0.2) is 11.5 Å². The highest BCUT2D eigenvalue weighted by atomic mass is 16.5. The van der Waals surface area contributed by atoms with Crippen LogP contribution in [0.1, 0.15) is 46.6 Å². The molecule has 3 nitrogen and oxygen atoms in total. The van der Waals surface area contributed by atoms with Crippen molar-refractivity contribution in [2.45, 2.75) is 47.5 Å². The number of methoxy groups -OCH3 is 2. The lowest BCUT2D eigenvalue weighted by atomic mass is 9.71. The molecule has 0 N–H and O–H groups in total. The van der Waals surface area contributed by atoms with Gasteiger partial charge < -0.3 is 14.2 Å². The molecule has 0 aliphatic rings. The standard InChI is InChI=1S/C20H34O3/c1-15(2)17(20(3,4)5)13-16-9-10-18(22-7)19(14-16)23-12-8-11-21-6/h9-10,14-15,17H,8,11-13H2,1-7H3. The first-order chi connectivity index (χ1) is 10.8. The summed E-state index contributed by atoms with van der Waals surface area (Å²) in [7, 11) is 3.39. The minimum Gasteiger partial charge on any atom is -0.493 e. The fraction of sp³-hybridized carbons (Fsp3) is 0.700. The van der Waals surface area contributed by atoms with Crippen LogP contribution in [0.4, 0.5) is 0 Å². The van der Waals surface area contributed by atoms with Crippen molar-refractivity contribution < 1.29 is 14.2 Å². The Hall–Kier alpha value is -1.22. The van der Waals surface area contributed by atoms with Gasteiger partial charge >= 0.3 is 0 Å². The lowest BCUT2D eigenvalue weighted by molar-refractivity contribution is 0.170. The van der Waals surface area contributed by atoms with E-state index in [1.807, 2.05) is 6.07 Å². The van der Waals surface area contributed by atoms with E-state index in [2.05, 4.69) is 46.8 Å². The second kappa shape index (κ2) is 9.17. The molecule has 1 unspecified atom stereocenters. The van der Waals surface area contributed by atoms with Crippen LogP contribution >= 0.6 is 0 Å². The van der Waals surface area contributed by atoms with Crippen molar-refractivity contribution in [1.29, 1.82) is 0 Å². The van der Waals surface area contributed by atoms with E-state index in [0.717, 1.165) is 24.3 Å². The van der Waals surface area contributed by atoms with Gasteiger partial charge in [0.25, 0.3) is 0 Å². The van der Waals surface area contributed by atoms with Crippen LogP contribution < -0.4 is 9.47 Å². The summed E-state index contributed by atoms with van der Waals surface area (Å²) in [5.74, 6) is 2.89. The Kier molecular flexibility index (Phi) is 7.90. The predicted octanol–water partition coefficient (Wildman–Crippen LogP) is 4.97. The fourth-order valence-electron chi connectivity index (χ4n) is 3.14.